The Bertz CT molecular complexity index is 236. The first-order valence-electron chi connectivity index (χ1n) is 6.72. The molecule has 0 aromatic carbocycles. The summed E-state index contributed by atoms with van der Waals surface area (Å²) in [4.78, 5) is 11.4. The van der Waals surface area contributed by atoms with Gasteiger partial charge in [0.1, 0.15) is 0 Å². The van der Waals surface area contributed by atoms with Gasteiger partial charge in [-0.15, -0.1) is 0 Å². The molecule has 1 amide bonds. The highest BCUT2D eigenvalue weighted by Crippen LogP contribution is 2.27. The van der Waals surface area contributed by atoms with Crippen LogP contribution in [0, 0.1) is 5.92 Å². The van der Waals surface area contributed by atoms with Crippen LogP contribution in [0.4, 0.5) is 0 Å². The molecule has 1 fully saturated rings. The lowest BCUT2D eigenvalue weighted by atomic mass is 9.85. The van der Waals surface area contributed by atoms with Crippen molar-refractivity contribution in [1.29, 1.82) is 0 Å². The number of hydrogen-bond acceptors (Lipinski definition) is 3. The minimum Gasteiger partial charge on any atom is -0.389 e. The maximum Gasteiger partial charge on any atom is 0.233 e. The van der Waals surface area contributed by atoms with Crippen LogP contribution in [0.2, 0.25) is 0 Å². The van der Waals surface area contributed by atoms with E-state index in [1.165, 1.54) is 6.42 Å². The number of rotatable bonds is 6. The summed E-state index contributed by atoms with van der Waals surface area (Å²) in [5.41, 5.74) is -0.587. The van der Waals surface area contributed by atoms with Crippen LogP contribution >= 0.6 is 0 Å². The van der Waals surface area contributed by atoms with E-state index < -0.39 is 5.60 Å². The zero-order valence-electron chi connectivity index (χ0n) is 11.1. The Morgan fingerprint density at radius 2 is 1.94 bits per heavy atom. The summed E-state index contributed by atoms with van der Waals surface area (Å²) >= 11 is 0. The van der Waals surface area contributed by atoms with Gasteiger partial charge < -0.3 is 15.7 Å². The maximum absolute atomic E-state index is 11.4. The molecule has 1 aliphatic carbocycles. The second-order valence-electron chi connectivity index (χ2n) is 5.59. The maximum atomic E-state index is 11.4. The summed E-state index contributed by atoms with van der Waals surface area (Å²) in [7, 11) is 0. The van der Waals surface area contributed by atoms with Gasteiger partial charge in [0.05, 0.1) is 12.1 Å². The standard InChI is InChI=1S/C13H26N2O2/c1-11(2)8-15-12(16)9-14-10-13(17)6-4-3-5-7-13/h11,14,17H,3-10H2,1-2H3,(H,15,16). The summed E-state index contributed by atoms with van der Waals surface area (Å²) < 4.78 is 0. The number of carbonyl (C=O) groups excluding carboxylic acids is 1. The molecule has 4 heteroatoms. The Morgan fingerprint density at radius 3 is 2.53 bits per heavy atom. The lowest BCUT2D eigenvalue weighted by Crippen LogP contribution is -2.45. The van der Waals surface area contributed by atoms with E-state index in [4.69, 9.17) is 0 Å². The number of aliphatic hydroxyl groups is 1. The van der Waals surface area contributed by atoms with E-state index in [1.54, 1.807) is 0 Å². The van der Waals surface area contributed by atoms with Gasteiger partial charge in [-0.3, -0.25) is 4.79 Å². The molecule has 100 valence electrons. The van der Waals surface area contributed by atoms with Crippen molar-refractivity contribution in [2.45, 2.75) is 51.6 Å². The lowest BCUT2D eigenvalue weighted by Gasteiger charge is -2.32. The van der Waals surface area contributed by atoms with Crippen LogP contribution in [-0.4, -0.2) is 36.2 Å². The zero-order chi connectivity index (χ0) is 12.7. The smallest absolute Gasteiger partial charge is 0.233 e. The van der Waals surface area contributed by atoms with Crippen LogP contribution in [0.25, 0.3) is 0 Å². The van der Waals surface area contributed by atoms with Crippen molar-refractivity contribution < 1.29 is 9.90 Å². The third-order valence-electron chi connectivity index (χ3n) is 3.23. The second-order valence-corrected chi connectivity index (χ2v) is 5.59. The molecule has 0 aromatic rings. The number of hydrogen-bond donors (Lipinski definition) is 3. The Balaban J connectivity index is 2.11. The van der Waals surface area contributed by atoms with E-state index in [1.807, 2.05) is 0 Å². The molecule has 0 aliphatic heterocycles. The van der Waals surface area contributed by atoms with E-state index in [9.17, 15) is 9.90 Å². The molecule has 0 aromatic heterocycles. The van der Waals surface area contributed by atoms with Crippen LogP contribution in [-0.2, 0) is 4.79 Å². The van der Waals surface area contributed by atoms with Crippen molar-refractivity contribution in [3.63, 3.8) is 0 Å². The van der Waals surface area contributed by atoms with Crippen LogP contribution in [0.5, 0.6) is 0 Å². The fourth-order valence-electron chi connectivity index (χ4n) is 2.18. The molecule has 17 heavy (non-hydrogen) atoms. The van der Waals surface area contributed by atoms with Crippen molar-refractivity contribution in [3.05, 3.63) is 0 Å². The normalized spacial score (nSPS) is 19.3. The molecule has 0 heterocycles. The molecule has 0 radical (unpaired) electrons. The summed E-state index contributed by atoms with van der Waals surface area (Å²) in [5, 5.41) is 16.1. The molecule has 1 saturated carbocycles. The molecule has 0 saturated heterocycles. The summed E-state index contributed by atoms with van der Waals surface area (Å²) in [6.45, 7) is 5.68. The fraction of sp³-hybridized carbons (Fsp3) is 0.923. The van der Waals surface area contributed by atoms with Crippen LogP contribution in [0.15, 0.2) is 0 Å². The van der Waals surface area contributed by atoms with Crippen LogP contribution in [0.1, 0.15) is 46.0 Å². The Labute approximate surface area is 104 Å². The van der Waals surface area contributed by atoms with Gasteiger partial charge in [0.2, 0.25) is 5.91 Å². The molecule has 1 aliphatic rings. The summed E-state index contributed by atoms with van der Waals surface area (Å²) in [6, 6.07) is 0. The highest BCUT2D eigenvalue weighted by molar-refractivity contribution is 5.77. The predicted octanol–water partition coefficient (Wildman–Crippen LogP) is 1.04. The summed E-state index contributed by atoms with van der Waals surface area (Å²) in [5.74, 6) is 0.486. The Kier molecular flexibility index (Phi) is 5.92. The topological polar surface area (TPSA) is 61.4 Å². The van der Waals surface area contributed by atoms with Crippen molar-refractivity contribution >= 4 is 5.91 Å². The molecule has 0 spiro atoms. The molecule has 1 rings (SSSR count). The van der Waals surface area contributed by atoms with Crippen molar-refractivity contribution in [2.75, 3.05) is 19.6 Å². The van der Waals surface area contributed by atoms with Crippen molar-refractivity contribution in [3.8, 4) is 0 Å². The molecule has 0 unspecified atom stereocenters. The SMILES string of the molecule is CC(C)CNC(=O)CNCC1(O)CCCCC1. The molecular weight excluding hydrogens is 216 g/mol. The van der Waals surface area contributed by atoms with E-state index in [-0.39, 0.29) is 5.91 Å². The largest absolute Gasteiger partial charge is 0.389 e. The van der Waals surface area contributed by atoms with Gasteiger partial charge in [-0.05, 0) is 18.8 Å². The highest BCUT2D eigenvalue weighted by atomic mass is 16.3. The van der Waals surface area contributed by atoms with E-state index >= 15 is 0 Å². The van der Waals surface area contributed by atoms with Gasteiger partial charge in [-0.2, -0.15) is 0 Å². The molecule has 0 atom stereocenters. The van der Waals surface area contributed by atoms with Gasteiger partial charge in [0.15, 0.2) is 0 Å². The minimum absolute atomic E-state index is 0.0121. The molecule has 4 nitrogen and oxygen atoms in total. The fourth-order valence-corrected chi connectivity index (χ4v) is 2.18. The van der Waals surface area contributed by atoms with Crippen molar-refractivity contribution in [2.24, 2.45) is 5.92 Å². The average Bonchev–Trinajstić information content (AvgIpc) is 2.27. The first kappa shape index (κ1) is 14.5. The third-order valence-corrected chi connectivity index (χ3v) is 3.23. The van der Waals surface area contributed by atoms with Crippen molar-refractivity contribution in [1.82, 2.24) is 10.6 Å². The van der Waals surface area contributed by atoms with E-state index in [2.05, 4.69) is 24.5 Å². The number of carbonyl (C=O) groups is 1. The van der Waals surface area contributed by atoms with Gasteiger partial charge in [0, 0.05) is 13.1 Å². The average molecular weight is 242 g/mol. The van der Waals surface area contributed by atoms with Gasteiger partial charge >= 0.3 is 0 Å². The Morgan fingerprint density at radius 1 is 1.29 bits per heavy atom. The number of nitrogens with one attached hydrogen (secondary N) is 2. The zero-order valence-corrected chi connectivity index (χ0v) is 11.1. The van der Waals surface area contributed by atoms with E-state index in [0.717, 1.165) is 25.7 Å². The molecule has 0 bridgehead atoms. The van der Waals surface area contributed by atoms with Gasteiger partial charge in [-0.1, -0.05) is 33.1 Å². The predicted molar refractivity (Wildman–Crippen MR) is 68.8 cm³/mol. The minimum atomic E-state index is -0.587. The first-order chi connectivity index (χ1) is 8.02. The summed E-state index contributed by atoms with van der Waals surface area (Å²) in [6.07, 6.45) is 5.12. The number of amides is 1. The van der Waals surface area contributed by atoms with Gasteiger partial charge in [-0.25, -0.2) is 0 Å². The van der Waals surface area contributed by atoms with E-state index in [0.29, 0.717) is 25.6 Å². The first-order valence-corrected chi connectivity index (χ1v) is 6.72. The molecule has 3 N–H and O–H groups in total. The highest BCUT2D eigenvalue weighted by Gasteiger charge is 2.28. The third kappa shape index (κ3) is 6.03. The Hall–Kier alpha value is -0.610. The van der Waals surface area contributed by atoms with Crippen LogP contribution in [0.3, 0.4) is 0 Å². The molecular formula is C13H26N2O2. The van der Waals surface area contributed by atoms with Gasteiger partial charge in [0.25, 0.3) is 0 Å². The second kappa shape index (κ2) is 6.97. The monoisotopic (exact) mass is 242 g/mol. The quantitative estimate of drug-likeness (QED) is 0.652. The van der Waals surface area contributed by atoms with Crippen LogP contribution < -0.4 is 10.6 Å². The lowest BCUT2D eigenvalue weighted by molar-refractivity contribution is -0.120.